The van der Waals surface area contributed by atoms with Crippen LogP contribution in [-0.2, 0) is 17.6 Å². The lowest BCUT2D eigenvalue weighted by Crippen LogP contribution is -2.45. The second kappa shape index (κ2) is 13.9. The van der Waals surface area contributed by atoms with Gasteiger partial charge in [0.1, 0.15) is 35.2 Å². The van der Waals surface area contributed by atoms with Gasteiger partial charge in [-0.05, 0) is 111 Å². The number of rotatable bonds is 10. The number of phenolic OH excluding ortho intramolecular Hbond substituents is 1. The van der Waals surface area contributed by atoms with E-state index >= 15 is 4.39 Å². The largest absolute Gasteiger partial charge is 0.508 e. The Morgan fingerprint density at radius 2 is 2.00 bits per heavy atom. The van der Waals surface area contributed by atoms with Crippen LogP contribution in [0.3, 0.4) is 0 Å². The maximum Gasteiger partial charge on any atom is 0.319 e. The maximum atomic E-state index is 16.8. The van der Waals surface area contributed by atoms with Crippen molar-refractivity contribution in [3.8, 4) is 11.8 Å². The van der Waals surface area contributed by atoms with E-state index in [1.165, 1.54) is 18.3 Å². The van der Waals surface area contributed by atoms with E-state index < -0.39 is 5.83 Å². The molecule has 0 aliphatic carbocycles. The first-order chi connectivity index (χ1) is 22.7. The normalized spacial score (nSPS) is 20.4. The molecule has 2 N–H and O–H groups in total. The predicted octanol–water partition coefficient (Wildman–Crippen LogP) is 4.16. The fourth-order valence-electron chi connectivity index (χ4n) is 7.94. The highest BCUT2D eigenvalue weighted by atomic mass is 19.1. The number of aryl methyl sites for hydroxylation is 1. The number of halogens is 2. The van der Waals surface area contributed by atoms with Crippen LogP contribution < -0.4 is 25.5 Å². The van der Waals surface area contributed by atoms with Gasteiger partial charge in [0, 0.05) is 39.2 Å². The molecule has 9 nitrogen and oxygen atoms in total. The van der Waals surface area contributed by atoms with E-state index in [0.717, 1.165) is 51.6 Å². The SMILES string of the molecule is C=N/C=c1/c(N2CCCC(CC(=O)NC)C2)nc(OCC23CCCN2CCC3)n/c1=C(\F)Cc1cc(O)cc2ccc(F)c(CC)c12. The van der Waals surface area contributed by atoms with Crippen molar-refractivity contribution in [2.45, 2.75) is 70.3 Å². The summed E-state index contributed by atoms with van der Waals surface area (Å²) in [5.41, 5.74) is 0.846. The van der Waals surface area contributed by atoms with Gasteiger partial charge in [-0.25, -0.2) is 8.78 Å². The third-order valence-electron chi connectivity index (χ3n) is 10.2. The second-order valence-corrected chi connectivity index (χ2v) is 13.1. The van der Waals surface area contributed by atoms with E-state index in [1.54, 1.807) is 19.2 Å². The number of piperidine rings is 1. The van der Waals surface area contributed by atoms with Crippen LogP contribution in [0, 0.1) is 11.7 Å². The molecule has 250 valence electrons. The van der Waals surface area contributed by atoms with Gasteiger partial charge in [0.2, 0.25) is 5.91 Å². The first-order valence-corrected chi connectivity index (χ1v) is 16.7. The molecule has 0 radical (unpaired) electrons. The number of aliphatic imine (C=N–C) groups is 1. The van der Waals surface area contributed by atoms with Gasteiger partial charge in [0.05, 0.1) is 10.8 Å². The predicted molar refractivity (Wildman–Crippen MR) is 180 cm³/mol. The van der Waals surface area contributed by atoms with Crippen molar-refractivity contribution in [2.75, 3.05) is 44.7 Å². The van der Waals surface area contributed by atoms with Crippen LogP contribution in [0.15, 0.2) is 29.3 Å². The smallest absolute Gasteiger partial charge is 0.319 e. The molecule has 3 aliphatic heterocycles. The number of anilines is 1. The lowest BCUT2D eigenvalue weighted by Gasteiger charge is -2.34. The first-order valence-electron chi connectivity index (χ1n) is 16.7. The number of aromatic hydroxyl groups is 1. The summed E-state index contributed by atoms with van der Waals surface area (Å²) < 4.78 is 38.1. The summed E-state index contributed by atoms with van der Waals surface area (Å²) in [6.45, 7) is 9.20. The number of aromatic nitrogens is 2. The topological polar surface area (TPSA) is 103 Å². The number of carbonyl (C=O) groups is 1. The van der Waals surface area contributed by atoms with E-state index in [2.05, 4.69) is 31.8 Å². The zero-order valence-electron chi connectivity index (χ0n) is 27.3. The number of fused-ring (bicyclic) bond motifs is 2. The molecule has 1 unspecified atom stereocenters. The Hall–Kier alpha value is -4.12. The summed E-state index contributed by atoms with van der Waals surface area (Å²) in [5.74, 6) is -0.458. The molecular weight excluding hydrogens is 602 g/mol. The Kier molecular flexibility index (Phi) is 9.72. The number of ether oxygens (including phenoxy) is 1. The average Bonchev–Trinajstić information content (AvgIpc) is 3.65. The van der Waals surface area contributed by atoms with Crippen molar-refractivity contribution in [2.24, 2.45) is 10.9 Å². The summed E-state index contributed by atoms with van der Waals surface area (Å²) in [6.07, 6.45) is 8.03. The average molecular weight is 647 g/mol. The van der Waals surface area contributed by atoms with Crippen LogP contribution in [0.1, 0.15) is 63.0 Å². The van der Waals surface area contributed by atoms with Gasteiger partial charge in [0.25, 0.3) is 0 Å². The second-order valence-electron chi connectivity index (χ2n) is 13.1. The lowest BCUT2D eigenvalue weighted by atomic mass is 9.94. The van der Waals surface area contributed by atoms with E-state index in [0.29, 0.717) is 65.5 Å². The molecular formula is C36H44F2N6O3. The zero-order chi connectivity index (χ0) is 33.1. The summed E-state index contributed by atoms with van der Waals surface area (Å²) in [5, 5.41) is 14.8. The number of amides is 1. The van der Waals surface area contributed by atoms with Crippen molar-refractivity contribution < 1.29 is 23.4 Å². The van der Waals surface area contributed by atoms with Crippen LogP contribution in [-0.4, -0.2) is 78.0 Å². The minimum absolute atomic E-state index is 0.0176. The third-order valence-corrected chi connectivity index (χ3v) is 10.2. The van der Waals surface area contributed by atoms with E-state index in [4.69, 9.17) is 9.72 Å². The summed E-state index contributed by atoms with van der Waals surface area (Å²) >= 11 is 0. The summed E-state index contributed by atoms with van der Waals surface area (Å²) in [4.78, 5) is 30.3. The molecule has 1 aromatic heterocycles. The molecule has 4 heterocycles. The molecule has 11 heteroatoms. The zero-order valence-corrected chi connectivity index (χ0v) is 27.3. The number of hydrogen-bond donors (Lipinski definition) is 2. The standard InChI is InChI=1S/C36H44F2N6O3/c1-4-27-29(37)10-9-24-17-26(45)18-25(32(24)27)19-30(38)33-28(20-39-2)34(43-13-5-8-23(21-43)16-31(46)40-3)42-35(41-33)47-22-36-11-6-14-44(36)15-7-12-36/h9-10,17-18,20,23,45H,2,4-8,11-16,19,21-22H2,1,3H3,(H,40,46)/b28-20+,33-30-. The van der Waals surface area contributed by atoms with E-state index in [9.17, 15) is 14.3 Å². The molecule has 1 amide bonds. The van der Waals surface area contributed by atoms with E-state index in [-0.39, 0.29) is 46.7 Å². The lowest BCUT2D eigenvalue weighted by molar-refractivity contribution is -0.121. The molecule has 6 rings (SSSR count). The highest BCUT2D eigenvalue weighted by Crippen LogP contribution is 2.39. The van der Waals surface area contributed by atoms with Crippen LogP contribution in [0.4, 0.5) is 14.6 Å². The van der Waals surface area contributed by atoms with Crippen molar-refractivity contribution in [3.63, 3.8) is 0 Å². The summed E-state index contributed by atoms with van der Waals surface area (Å²) in [6, 6.07) is 6.09. The van der Waals surface area contributed by atoms with Gasteiger partial charge < -0.3 is 20.1 Å². The number of hydrogen-bond acceptors (Lipinski definition) is 8. The number of nitrogens with one attached hydrogen (secondary N) is 1. The fourth-order valence-corrected chi connectivity index (χ4v) is 7.94. The van der Waals surface area contributed by atoms with Gasteiger partial charge >= 0.3 is 6.01 Å². The Morgan fingerprint density at radius 1 is 1.21 bits per heavy atom. The monoisotopic (exact) mass is 646 g/mol. The molecule has 0 spiro atoms. The van der Waals surface area contributed by atoms with Crippen molar-refractivity contribution in [1.29, 1.82) is 0 Å². The van der Waals surface area contributed by atoms with Crippen LogP contribution in [0.5, 0.6) is 11.8 Å². The van der Waals surface area contributed by atoms with Gasteiger partial charge in [-0.15, -0.1) is 0 Å². The van der Waals surface area contributed by atoms with Gasteiger partial charge in [-0.1, -0.05) is 13.0 Å². The van der Waals surface area contributed by atoms with Crippen LogP contribution in [0.25, 0.3) is 22.8 Å². The third kappa shape index (κ3) is 6.68. The molecule has 0 bridgehead atoms. The Labute approximate surface area is 274 Å². The Morgan fingerprint density at radius 3 is 2.72 bits per heavy atom. The first kappa shape index (κ1) is 32.8. The quantitative estimate of drug-likeness (QED) is 0.319. The highest BCUT2D eigenvalue weighted by molar-refractivity contribution is 5.91. The van der Waals surface area contributed by atoms with Gasteiger partial charge in [-0.2, -0.15) is 9.97 Å². The van der Waals surface area contributed by atoms with Gasteiger partial charge in [0.15, 0.2) is 0 Å². The number of phenols is 1. The summed E-state index contributed by atoms with van der Waals surface area (Å²) in [7, 11) is 1.63. The Bertz CT molecular complexity index is 1790. The van der Waals surface area contributed by atoms with Crippen LogP contribution >= 0.6 is 0 Å². The molecule has 47 heavy (non-hydrogen) atoms. The van der Waals surface area contributed by atoms with Gasteiger partial charge in [-0.3, -0.25) is 14.7 Å². The van der Waals surface area contributed by atoms with Crippen molar-refractivity contribution >= 4 is 41.2 Å². The minimum atomic E-state index is -0.591. The van der Waals surface area contributed by atoms with Crippen molar-refractivity contribution in [3.05, 3.63) is 51.8 Å². The number of carbonyl (C=O) groups excluding carboxylic acids is 1. The molecule has 2 aromatic carbocycles. The highest BCUT2D eigenvalue weighted by Gasteiger charge is 2.45. The fraction of sp³-hybridized carbons (Fsp3) is 0.500. The van der Waals surface area contributed by atoms with E-state index in [1.807, 2.05) is 6.92 Å². The molecule has 3 fully saturated rings. The minimum Gasteiger partial charge on any atom is -0.508 e. The number of benzene rings is 2. The number of nitrogens with zero attached hydrogens (tertiary/aromatic N) is 5. The molecule has 3 aromatic rings. The molecule has 3 aliphatic rings. The van der Waals surface area contributed by atoms with Crippen molar-refractivity contribution in [1.82, 2.24) is 20.2 Å². The van der Waals surface area contributed by atoms with Crippen LogP contribution in [0.2, 0.25) is 0 Å². The molecule has 3 saturated heterocycles. The Balaban J connectivity index is 1.47. The maximum absolute atomic E-state index is 16.8. The molecule has 1 atom stereocenters. The molecule has 0 saturated carbocycles.